The van der Waals surface area contributed by atoms with E-state index < -0.39 is 5.82 Å². The molecule has 1 fully saturated rings. The third-order valence-corrected chi connectivity index (χ3v) is 3.37. The van der Waals surface area contributed by atoms with Gasteiger partial charge < -0.3 is 9.80 Å². The lowest BCUT2D eigenvalue weighted by Gasteiger charge is -2.35. The zero-order chi connectivity index (χ0) is 14.7. The van der Waals surface area contributed by atoms with Crippen molar-refractivity contribution in [3.63, 3.8) is 0 Å². The summed E-state index contributed by atoms with van der Waals surface area (Å²) in [5.74, 6) is 0.969. The SMILES string of the molecule is N#Cc1ccc(N2CCN(c3ncc(F)cn3)CC2)nc1. The number of rotatable bonds is 2. The van der Waals surface area contributed by atoms with Gasteiger partial charge in [0, 0.05) is 32.4 Å². The van der Waals surface area contributed by atoms with Gasteiger partial charge in [0.2, 0.25) is 5.95 Å². The standard InChI is InChI=1S/C14H13FN6/c15-12-9-18-14(19-10-12)21-5-3-20(4-6-21)13-2-1-11(7-16)8-17-13/h1-2,8-10H,3-6H2. The molecule has 0 aliphatic carbocycles. The molecule has 3 rings (SSSR count). The predicted molar refractivity (Wildman–Crippen MR) is 75.4 cm³/mol. The minimum atomic E-state index is -0.431. The summed E-state index contributed by atoms with van der Waals surface area (Å²) in [4.78, 5) is 16.4. The first-order valence-corrected chi connectivity index (χ1v) is 6.60. The Hall–Kier alpha value is -2.75. The third-order valence-electron chi connectivity index (χ3n) is 3.37. The molecule has 0 radical (unpaired) electrons. The number of aromatic nitrogens is 3. The molecule has 7 heteroatoms. The van der Waals surface area contributed by atoms with Gasteiger partial charge in [0.1, 0.15) is 11.9 Å². The van der Waals surface area contributed by atoms with E-state index in [1.165, 1.54) is 12.4 Å². The maximum atomic E-state index is 12.8. The Bertz CT molecular complexity index is 641. The molecule has 2 aromatic rings. The summed E-state index contributed by atoms with van der Waals surface area (Å²) in [6.45, 7) is 3.04. The van der Waals surface area contributed by atoms with Crippen molar-refractivity contribution in [1.29, 1.82) is 5.26 Å². The van der Waals surface area contributed by atoms with Crippen molar-refractivity contribution in [2.45, 2.75) is 0 Å². The lowest BCUT2D eigenvalue weighted by molar-refractivity contribution is 0.601. The van der Waals surface area contributed by atoms with Gasteiger partial charge in [-0.2, -0.15) is 5.26 Å². The van der Waals surface area contributed by atoms with E-state index in [2.05, 4.69) is 25.9 Å². The maximum Gasteiger partial charge on any atom is 0.225 e. The summed E-state index contributed by atoms with van der Waals surface area (Å²) in [5.41, 5.74) is 0.553. The van der Waals surface area contributed by atoms with Gasteiger partial charge in [-0.1, -0.05) is 0 Å². The van der Waals surface area contributed by atoms with Crippen LogP contribution in [0.2, 0.25) is 0 Å². The number of hydrogen-bond donors (Lipinski definition) is 0. The topological polar surface area (TPSA) is 68.9 Å². The Kier molecular flexibility index (Phi) is 3.60. The van der Waals surface area contributed by atoms with Crippen LogP contribution in [0.1, 0.15) is 5.56 Å². The summed E-state index contributed by atoms with van der Waals surface area (Å²) in [7, 11) is 0. The number of hydrogen-bond acceptors (Lipinski definition) is 6. The molecule has 0 aromatic carbocycles. The second-order valence-electron chi connectivity index (χ2n) is 4.69. The number of anilines is 2. The molecule has 21 heavy (non-hydrogen) atoms. The van der Waals surface area contributed by atoms with Crippen molar-refractivity contribution < 1.29 is 4.39 Å². The van der Waals surface area contributed by atoms with E-state index in [0.29, 0.717) is 11.5 Å². The lowest BCUT2D eigenvalue weighted by atomic mass is 10.2. The Morgan fingerprint density at radius 3 is 2.19 bits per heavy atom. The molecule has 0 spiro atoms. The third kappa shape index (κ3) is 2.89. The van der Waals surface area contributed by atoms with Crippen LogP contribution in [0.3, 0.4) is 0 Å². The van der Waals surface area contributed by atoms with Crippen molar-refractivity contribution in [2.75, 3.05) is 36.0 Å². The Balaban J connectivity index is 1.64. The van der Waals surface area contributed by atoms with E-state index in [9.17, 15) is 4.39 Å². The first kappa shape index (κ1) is 13.2. The van der Waals surface area contributed by atoms with E-state index in [-0.39, 0.29) is 0 Å². The number of halogens is 1. The predicted octanol–water partition coefficient (Wildman–Crippen LogP) is 1.21. The fraction of sp³-hybridized carbons (Fsp3) is 0.286. The van der Waals surface area contributed by atoms with Crippen molar-refractivity contribution >= 4 is 11.8 Å². The fourth-order valence-electron chi connectivity index (χ4n) is 2.24. The summed E-state index contributed by atoms with van der Waals surface area (Å²) < 4.78 is 12.8. The molecule has 1 aliphatic heterocycles. The van der Waals surface area contributed by atoms with Crippen molar-refractivity contribution in [3.8, 4) is 6.07 Å². The highest BCUT2D eigenvalue weighted by molar-refractivity contribution is 5.44. The maximum absolute atomic E-state index is 12.8. The van der Waals surface area contributed by atoms with Crippen molar-refractivity contribution in [1.82, 2.24) is 15.0 Å². The molecule has 106 valence electrons. The molecule has 0 saturated carbocycles. The van der Waals surface area contributed by atoms with Gasteiger partial charge in [0.25, 0.3) is 0 Å². The highest BCUT2D eigenvalue weighted by Gasteiger charge is 2.19. The first-order valence-electron chi connectivity index (χ1n) is 6.60. The molecule has 1 aliphatic rings. The number of nitriles is 1. The fourth-order valence-corrected chi connectivity index (χ4v) is 2.24. The molecule has 0 amide bonds. The van der Waals surface area contributed by atoms with Gasteiger partial charge >= 0.3 is 0 Å². The van der Waals surface area contributed by atoms with E-state index in [0.717, 1.165) is 32.0 Å². The van der Waals surface area contributed by atoms with E-state index in [1.807, 2.05) is 11.0 Å². The Morgan fingerprint density at radius 1 is 0.952 bits per heavy atom. The number of pyridine rings is 1. The summed E-state index contributed by atoms with van der Waals surface area (Å²) >= 11 is 0. The summed E-state index contributed by atoms with van der Waals surface area (Å²) in [6, 6.07) is 5.67. The molecule has 0 bridgehead atoms. The lowest BCUT2D eigenvalue weighted by Crippen LogP contribution is -2.47. The number of piperazine rings is 1. The van der Waals surface area contributed by atoms with Crippen molar-refractivity contribution in [3.05, 3.63) is 42.1 Å². The molecule has 1 saturated heterocycles. The van der Waals surface area contributed by atoms with Gasteiger partial charge in [-0.25, -0.2) is 19.3 Å². The molecule has 0 N–H and O–H groups in total. The molecule has 3 heterocycles. The van der Waals surface area contributed by atoms with Crippen LogP contribution in [0.4, 0.5) is 16.2 Å². The van der Waals surface area contributed by atoms with Crippen LogP contribution >= 0.6 is 0 Å². The van der Waals surface area contributed by atoms with Crippen LogP contribution < -0.4 is 9.80 Å². The highest BCUT2D eigenvalue weighted by atomic mass is 19.1. The molecule has 0 unspecified atom stereocenters. The van der Waals surface area contributed by atoms with Gasteiger partial charge in [0.05, 0.1) is 18.0 Å². The van der Waals surface area contributed by atoms with Gasteiger partial charge in [-0.15, -0.1) is 0 Å². The second-order valence-corrected chi connectivity index (χ2v) is 4.69. The van der Waals surface area contributed by atoms with Crippen molar-refractivity contribution in [2.24, 2.45) is 0 Å². The highest BCUT2D eigenvalue weighted by Crippen LogP contribution is 2.16. The van der Waals surface area contributed by atoms with Gasteiger partial charge in [-0.05, 0) is 12.1 Å². The van der Waals surface area contributed by atoms with Crippen LogP contribution in [-0.2, 0) is 0 Å². The Morgan fingerprint density at radius 2 is 1.62 bits per heavy atom. The van der Waals surface area contributed by atoms with Crippen LogP contribution in [0.25, 0.3) is 0 Å². The molecule has 0 atom stereocenters. The molecular weight excluding hydrogens is 271 g/mol. The molecule has 6 nitrogen and oxygen atoms in total. The normalized spacial score (nSPS) is 14.9. The number of nitrogens with zero attached hydrogens (tertiary/aromatic N) is 6. The van der Waals surface area contributed by atoms with Crippen LogP contribution in [0.5, 0.6) is 0 Å². The quantitative estimate of drug-likeness (QED) is 0.825. The smallest absolute Gasteiger partial charge is 0.225 e. The van der Waals surface area contributed by atoms with Gasteiger partial charge in [0.15, 0.2) is 5.82 Å². The zero-order valence-electron chi connectivity index (χ0n) is 11.3. The largest absolute Gasteiger partial charge is 0.353 e. The Labute approximate surface area is 121 Å². The first-order chi connectivity index (χ1) is 10.3. The monoisotopic (exact) mass is 284 g/mol. The average molecular weight is 284 g/mol. The van der Waals surface area contributed by atoms with E-state index >= 15 is 0 Å². The van der Waals surface area contributed by atoms with Gasteiger partial charge in [-0.3, -0.25) is 0 Å². The minimum Gasteiger partial charge on any atom is -0.353 e. The molecular formula is C14H13FN6. The average Bonchev–Trinajstić information content (AvgIpc) is 2.56. The van der Waals surface area contributed by atoms with Crippen LogP contribution in [0, 0.1) is 17.1 Å². The summed E-state index contributed by atoms with van der Waals surface area (Å²) in [5, 5.41) is 8.77. The zero-order valence-corrected chi connectivity index (χ0v) is 11.3. The van der Waals surface area contributed by atoms with Crippen LogP contribution in [0.15, 0.2) is 30.7 Å². The van der Waals surface area contributed by atoms with E-state index in [4.69, 9.17) is 5.26 Å². The van der Waals surface area contributed by atoms with E-state index in [1.54, 1.807) is 12.3 Å². The molecule has 2 aromatic heterocycles. The summed E-state index contributed by atoms with van der Waals surface area (Å²) in [6.07, 6.45) is 3.93. The van der Waals surface area contributed by atoms with Crippen LogP contribution in [-0.4, -0.2) is 41.1 Å². The minimum absolute atomic E-state index is 0.431. The second kappa shape index (κ2) is 5.71.